The third-order valence-electron chi connectivity index (χ3n) is 12.5. The van der Waals surface area contributed by atoms with Crippen LogP contribution in [0.5, 0.6) is 0 Å². The summed E-state index contributed by atoms with van der Waals surface area (Å²) in [7, 11) is 0. The van der Waals surface area contributed by atoms with Gasteiger partial charge in [-0.1, -0.05) is 146 Å². The van der Waals surface area contributed by atoms with Crippen molar-refractivity contribution in [1.29, 1.82) is 0 Å². The molecule has 0 atom stereocenters. The molecular weight excluding hydrogens is 769 g/mol. The molecule has 0 radical (unpaired) electrons. The van der Waals surface area contributed by atoms with Gasteiger partial charge in [0.2, 0.25) is 0 Å². The van der Waals surface area contributed by atoms with Crippen LogP contribution in [0, 0.1) is 0 Å². The molecule has 0 spiro atoms. The molecule has 294 valence electrons. The Bertz CT molecular complexity index is 3840. The molecule has 5 heteroatoms. The molecule has 0 amide bonds. The maximum absolute atomic E-state index is 6.89. The van der Waals surface area contributed by atoms with Crippen LogP contribution in [0.15, 0.2) is 223 Å². The smallest absolute Gasteiger partial charge is 0.160 e. The van der Waals surface area contributed by atoms with E-state index in [0.717, 1.165) is 72.4 Å². The second kappa shape index (κ2) is 14.0. The van der Waals surface area contributed by atoms with Crippen LogP contribution in [0.25, 0.3) is 122 Å². The van der Waals surface area contributed by atoms with Gasteiger partial charge in [-0.2, -0.15) is 0 Å². The SMILES string of the molecule is c1ccc(-c2cc(-c3ccc(-n4c5ccccc5c5cc(-c6ccc7c(c6)c6ccccc6n7-c6ccccc6)ccc54)c4c3oc3ccccc34)nc(-c3ccccc3)n2)cc1. The molecule has 5 nitrogen and oxygen atoms in total. The monoisotopic (exact) mass is 804 g/mol. The van der Waals surface area contributed by atoms with E-state index in [2.05, 4.69) is 185 Å². The maximum atomic E-state index is 6.89. The first-order chi connectivity index (χ1) is 31.2. The summed E-state index contributed by atoms with van der Waals surface area (Å²) in [6.07, 6.45) is 0. The molecule has 0 fully saturated rings. The minimum Gasteiger partial charge on any atom is -0.455 e. The fourth-order valence-corrected chi connectivity index (χ4v) is 9.68. The minimum absolute atomic E-state index is 0.666. The van der Waals surface area contributed by atoms with Gasteiger partial charge >= 0.3 is 0 Å². The number of rotatable bonds is 6. The van der Waals surface area contributed by atoms with Gasteiger partial charge in [-0.3, -0.25) is 0 Å². The van der Waals surface area contributed by atoms with Crippen LogP contribution in [0.3, 0.4) is 0 Å². The van der Waals surface area contributed by atoms with E-state index in [9.17, 15) is 0 Å². The van der Waals surface area contributed by atoms with Gasteiger partial charge in [-0.15, -0.1) is 0 Å². The third kappa shape index (κ3) is 5.57. The van der Waals surface area contributed by atoms with E-state index < -0.39 is 0 Å². The average Bonchev–Trinajstić information content (AvgIpc) is 4.02. The van der Waals surface area contributed by atoms with Crippen LogP contribution in [0.2, 0.25) is 0 Å². The molecule has 0 aliphatic rings. The fraction of sp³-hybridized carbons (Fsp3) is 0. The molecule has 9 aromatic carbocycles. The molecule has 63 heavy (non-hydrogen) atoms. The lowest BCUT2D eigenvalue weighted by molar-refractivity contribution is 0.669. The van der Waals surface area contributed by atoms with Gasteiger partial charge in [0.05, 0.1) is 44.5 Å². The summed E-state index contributed by atoms with van der Waals surface area (Å²) in [5, 5.41) is 6.95. The molecule has 4 aromatic heterocycles. The summed E-state index contributed by atoms with van der Waals surface area (Å²) in [6, 6.07) is 77.2. The molecule has 13 aromatic rings. The van der Waals surface area contributed by atoms with Crippen LogP contribution >= 0.6 is 0 Å². The highest BCUT2D eigenvalue weighted by Gasteiger charge is 2.23. The van der Waals surface area contributed by atoms with Gasteiger partial charge in [0.25, 0.3) is 0 Å². The van der Waals surface area contributed by atoms with Crippen LogP contribution in [-0.2, 0) is 0 Å². The lowest BCUT2D eigenvalue weighted by Gasteiger charge is -2.13. The molecular formula is C58H36N4O. The number of aromatic nitrogens is 4. The van der Waals surface area contributed by atoms with Crippen molar-refractivity contribution in [2.24, 2.45) is 0 Å². The molecule has 0 aliphatic carbocycles. The van der Waals surface area contributed by atoms with E-state index >= 15 is 0 Å². The van der Waals surface area contributed by atoms with Gasteiger partial charge < -0.3 is 13.6 Å². The van der Waals surface area contributed by atoms with Gasteiger partial charge in [-0.05, 0) is 83.9 Å². The molecule has 0 saturated heterocycles. The van der Waals surface area contributed by atoms with Crippen molar-refractivity contribution >= 4 is 65.6 Å². The van der Waals surface area contributed by atoms with E-state index in [0.29, 0.717) is 5.82 Å². The largest absolute Gasteiger partial charge is 0.455 e. The van der Waals surface area contributed by atoms with Crippen LogP contribution in [-0.4, -0.2) is 19.1 Å². The third-order valence-corrected chi connectivity index (χ3v) is 12.5. The maximum Gasteiger partial charge on any atom is 0.160 e. The van der Waals surface area contributed by atoms with Crippen molar-refractivity contribution in [2.75, 3.05) is 0 Å². The lowest BCUT2D eigenvalue weighted by Crippen LogP contribution is -1.98. The lowest BCUT2D eigenvalue weighted by atomic mass is 10.0. The number of nitrogens with zero attached hydrogens (tertiary/aromatic N) is 4. The zero-order chi connectivity index (χ0) is 41.4. The van der Waals surface area contributed by atoms with Crippen molar-refractivity contribution in [1.82, 2.24) is 19.1 Å². The molecule has 0 N–H and O–H groups in total. The Balaban J connectivity index is 1.01. The summed E-state index contributed by atoms with van der Waals surface area (Å²) in [5.41, 5.74) is 15.4. The summed E-state index contributed by atoms with van der Waals surface area (Å²) in [5.74, 6) is 0.666. The molecule has 13 rings (SSSR count). The van der Waals surface area contributed by atoms with E-state index in [-0.39, 0.29) is 0 Å². The van der Waals surface area contributed by atoms with E-state index in [1.54, 1.807) is 0 Å². The number of para-hydroxylation sites is 4. The Morgan fingerprint density at radius 1 is 0.349 bits per heavy atom. The second-order valence-electron chi connectivity index (χ2n) is 16.1. The van der Waals surface area contributed by atoms with Gasteiger partial charge in [0.1, 0.15) is 11.2 Å². The molecule has 0 bridgehead atoms. The second-order valence-corrected chi connectivity index (χ2v) is 16.1. The number of benzene rings is 9. The molecule has 4 heterocycles. The zero-order valence-corrected chi connectivity index (χ0v) is 34.0. The van der Waals surface area contributed by atoms with E-state index in [1.165, 1.54) is 43.7 Å². The van der Waals surface area contributed by atoms with Crippen molar-refractivity contribution in [3.05, 3.63) is 218 Å². The van der Waals surface area contributed by atoms with Crippen molar-refractivity contribution in [3.63, 3.8) is 0 Å². The van der Waals surface area contributed by atoms with Crippen LogP contribution < -0.4 is 0 Å². The topological polar surface area (TPSA) is 48.8 Å². The number of furan rings is 1. The number of hydrogen-bond donors (Lipinski definition) is 0. The van der Waals surface area contributed by atoms with Crippen molar-refractivity contribution in [3.8, 4) is 56.4 Å². The average molecular weight is 805 g/mol. The Morgan fingerprint density at radius 3 is 1.56 bits per heavy atom. The minimum atomic E-state index is 0.666. The quantitative estimate of drug-likeness (QED) is 0.168. The van der Waals surface area contributed by atoms with Crippen molar-refractivity contribution < 1.29 is 4.42 Å². The standard InChI is InChI=1S/C58H36N4O/c1-4-16-37(17-5-1)48-36-49(60-58(59-48)38-18-6-2-7-19-38)44-30-33-54(56-45-24-12-15-27-55(45)63-57(44)56)62-51-26-14-11-23-43(51)47-35-40(29-32-53(47)62)39-28-31-52-46(34-39)42-22-10-13-25-50(42)61(52)41-20-8-3-9-21-41/h1-36H. The predicted octanol–water partition coefficient (Wildman–Crippen LogP) is 15.2. The zero-order valence-electron chi connectivity index (χ0n) is 34.0. The fourth-order valence-electron chi connectivity index (χ4n) is 9.68. The summed E-state index contributed by atoms with van der Waals surface area (Å²) in [4.78, 5) is 10.3. The first-order valence-corrected chi connectivity index (χ1v) is 21.3. The van der Waals surface area contributed by atoms with Crippen molar-refractivity contribution in [2.45, 2.75) is 0 Å². The highest BCUT2D eigenvalue weighted by molar-refractivity contribution is 6.17. The molecule has 0 saturated carbocycles. The van der Waals surface area contributed by atoms with Gasteiger partial charge in [-0.25, -0.2) is 9.97 Å². The molecule has 0 unspecified atom stereocenters. The first kappa shape index (κ1) is 35.2. The van der Waals surface area contributed by atoms with Crippen LogP contribution in [0.4, 0.5) is 0 Å². The number of fused-ring (bicyclic) bond motifs is 9. The normalized spacial score (nSPS) is 11.8. The van der Waals surface area contributed by atoms with E-state index in [4.69, 9.17) is 14.4 Å². The highest BCUT2D eigenvalue weighted by Crippen LogP contribution is 2.44. The Morgan fingerprint density at radius 2 is 0.873 bits per heavy atom. The Hall–Kier alpha value is -8.54. The Kier molecular flexibility index (Phi) is 7.84. The van der Waals surface area contributed by atoms with Gasteiger partial charge in [0, 0.05) is 49.3 Å². The highest BCUT2D eigenvalue weighted by atomic mass is 16.3. The first-order valence-electron chi connectivity index (χ1n) is 21.3. The molecule has 0 aliphatic heterocycles. The summed E-state index contributed by atoms with van der Waals surface area (Å²) >= 11 is 0. The summed E-state index contributed by atoms with van der Waals surface area (Å²) in [6.45, 7) is 0. The van der Waals surface area contributed by atoms with Crippen LogP contribution in [0.1, 0.15) is 0 Å². The van der Waals surface area contributed by atoms with E-state index in [1.807, 2.05) is 42.5 Å². The van der Waals surface area contributed by atoms with Gasteiger partial charge in [0.15, 0.2) is 5.82 Å². The predicted molar refractivity (Wildman–Crippen MR) is 260 cm³/mol. The summed E-state index contributed by atoms with van der Waals surface area (Å²) < 4.78 is 11.7. The Labute approximate surface area is 362 Å². The number of hydrogen-bond acceptors (Lipinski definition) is 3.